The van der Waals surface area contributed by atoms with Crippen LogP contribution in [0.25, 0.3) is 6.08 Å². The lowest BCUT2D eigenvalue weighted by atomic mass is 10.2. The molecular weight excluding hydrogens is 266 g/mol. The van der Waals surface area contributed by atoms with E-state index in [1.807, 2.05) is 0 Å². The van der Waals surface area contributed by atoms with Crippen LogP contribution in [0.15, 0.2) is 24.4 Å². The van der Waals surface area contributed by atoms with Gasteiger partial charge in [-0.1, -0.05) is 29.3 Å². The number of nitrogens with one attached hydrogen (secondary N) is 1. The second kappa shape index (κ2) is 6.79. The summed E-state index contributed by atoms with van der Waals surface area (Å²) in [6.45, 7) is 1.71. The van der Waals surface area contributed by atoms with Gasteiger partial charge in [-0.3, -0.25) is 5.41 Å². The van der Waals surface area contributed by atoms with Gasteiger partial charge in [-0.15, -0.1) is 12.4 Å². The SMILES string of the molecule is CC(=N)N(C)C=Cc1c(Cl)cccc1Cl.Cl. The number of hydrogen-bond donors (Lipinski definition) is 1. The highest BCUT2D eigenvalue weighted by Crippen LogP contribution is 2.25. The lowest BCUT2D eigenvalue weighted by Crippen LogP contribution is -2.15. The minimum absolute atomic E-state index is 0. The van der Waals surface area contributed by atoms with Crippen LogP contribution in [0.5, 0.6) is 0 Å². The fourth-order valence-corrected chi connectivity index (χ4v) is 1.49. The molecule has 0 saturated heterocycles. The van der Waals surface area contributed by atoms with Gasteiger partial charge in [-0.05, 0) is 25.1 Å². The first-order chi connectivity index (χ1) is 7.02. The van der Waals surface area contributed by atoms with Gasteiger partial charge in [0.15, 0.2) is 0 Å². The zero-order valence-electron chi connectivity index (χ0n) is 9.00. The maximum atomic E-state index is 7.38. The van der Waals surface area contributed by atoms with Crippen molar-refractivity contribution in [3.05, 3.63) is 40.0 Å². The van der Waals surface area contributed by atoms with Crippen molar-refractivity contribution in [3.8, 4) is 0 Å². The normalized spacial score (nSPS) is 10.0. The molecule has 0 radical (unpaired) electrons. The molecule has 0 spiro atoms. The standard InChI is InChI=1S/C11H12Cl2N2.ClH/c1-8(14)15(2)7-6-9-10(12)4-3-5-11(9)13;/h3-7,14H,1-2H3;1H. The Morgan fingerprint density at radius 2 is 1.81 bits per heavy atom. The van der Waals surface area contributed by atoms with Crippen LogP contribution in [0.2, 0.25) is 10.0 Å². The molecule has 1 N–H and O–H groups in total. The molecule has 88 valence electrons. The molecule has 1 rings (SSSR count). The number of nitrogens with zero attached hydrogens (tertiary/aromatic N) is 1. The Morgan fingerprint density at radius 3 is 2.25 bits per heavy atom. The molecule has 1 aromatic carbocycles. The summed E-state index contributed by atoms with van der Waals surface area (Å²) in [6.07, 6.45) is 3.55. The number of hydrogen-bond acceptors (Lipinski definition) is 1. The highest BCUT2D eigenvalue weighted by atomic mass is 35.5. The van der Waals surface area contributed by atoms with Crippen molar-refractivity contribution in [1.29, 1.82) is 5.41 Å². The molecule has 5 heteroatoms. The Hall–Kier alpha value is -0.700. The molecule has 0 aliphatic carbocycles. The van der Waals surface area contributed by atoms with E-state index in [1.165, 1.54) is 0 Å². The number of rotatable bonds is 2. The van der Waals surface area contributed by atoms with E-state index in [2.05, 4.69) is 0 Å². The highest BCUT2D eigenvalue weighted by molar-refractivity contribution is 6.37. The zero-order valence-corrected chi connectivity index (χ0v) is 11.3. The molecule has 0 unspecified atom stereocenters. The van der Waals surface area contributed by atoms with Crippen LogP contribution in [-0.4, -0.2) is 17.8 Å². The van der Waals surface area contributed by atoms with Crippen LogP contribution in [-0.2, 0) is 0 Å². The topological polar surface area (TPSA) is 27.1 Å². The summed E-state index contributed by atoms with van der Waals surface area (Å²) < 4.78 is 0. The monoisotopic (exact) mass is 278 g/mol. The van der Waals surface area contributed by atoms with Crippen LogP contribution < -0.4 is 0 Å². The van der Waals surface area contributed by atoms with Crippen LogP contribution >= 0.6 is 35.6 Å². The number of benzene rings is 1. The Balaban J connectivity index is 0.00000225. The van der Waals surface area contributed by atoms with E-state index in [1.54, 1.807) is 49.3 Å². The first kappa shape index (κ1) is 15.3. The summed E-state index contributed by atoms with van der Waals surface area (Å²) >= 11 is 12.0. The predicted molar refractivity (Wildman–Crippen MR) is 73.9 cm³/mol. The Morgan fingerprint density at radius 1 is 1.31 bits per heavy atom. The van der Waals surface area contributed by atoms with Crippen molar-refractivity contribution >= 4 is 47.5 Å². The molecular formula is C11H13Cl3N2. The highest BCUT2D eigenvalue weighted by Gasteiger charge is 2.01. The molecule has 0 aliphatic heterocycles. The van der Waals surface area contributed by atoms with Crippen molar-refractivity contribution in [3.63, 3.8) is 0 Å². The molecule has 16 heavy (non-hydrogen) atoms. The summed E-state index contributed by atoms with van der Waals surface area (Å²) in [5, 5.41) is 8.59. The number of halogens is 3. The van der Waals surface area contributed by atoms with E-state index in [0.717, 1.165) is 5.56 Å². The van der Waals surface area contributed by atoms with Crippen molar-refractivity contribution < 1.29 is 0 Å². The van der Waals surface area contributed by atoms with Crippen molar-refractivity contribution in [2.45, 2.75) is 6.92 Å². The van der Waals surface area contributed by atoms with E-state index < -0.39 is 0 Å². The second-order valence-corrected chi connectivity index (χ2v) is 3.96. The van der Waals surface area contributed by atoms with Gasteiger partial charge >= 0.3 is 0 Å². The van der Waals surface area contributed by atoms with Gasteiger partial charge in [-0.2, -0.15) is 0 Å². The molecule has 0 atom stereocenters. The third-order valence-corrected chi connectivity index (χ3v) is 2.65. The summed E-state index contributed by atoms with van der Waals surface area (Å²) in [5.74, 6) is 0.453. The fourth-order valence-electron chi connectivity index (χ4n) is 0.968. The lowest BCUT2D eigenvalue weighted by Gasteiger charge is -2.11. The van der Waals surface area contributed by atoms with Gasteiger partial charge in [0.25, 0.3) is 0 Å². The largest absolute Gasteiger partial charge is 0.340 e. The average molecular weight is 280 g/mol. The molecule has 0 amide bonds. The third-order valence-electron chi connectivity index (χ3n) is 1.99. The maximum Gasteiger partial charge on any atom is 0.0963 e. The van der Waals surface area contributed by atoms with Gasteiger partial charge in [0, 0.05) is 28.9 Å². The van der Waals surface area contributed by atoms with E-state index in [0.29, 0.717) is 15.9 Å². The summed E-state index contributed by atoms with van der Waals surface area (Å²) in [7, 11) is 1.80. The molecule has 0 bridgehead atoms. The smallest absolute Gasteiger partial charge is 0.0963 e. The minimum atomic E-state index is 0. The lowest BCUT2D eigenvalue weighted by molar-refractivity contribution is 0.682. The molecule has 0 saturated carbocycles. The summed E-state index contributed by atoms with van der Waals surface area (Å²) in [4.78, 5) is 1.68. The quantitative estimate of drug-likeness (QED) is 0.634. The second-order valence-electron chi connectivity index (χ2n) is 3.15. The maximum absolute atomic E-state index is 7.38. The van der Waals surface area contributed by atoms with E-state index in [-0.39, 0.29) is 12.4 Å². The van der Waals surface area contributed by atoms with Gasteiger partial charge in [0.05, 0.1) is 5.84 Å². The molecule has 0 aromatic heterocycles. The average Bonchev–Trinajstić information content (AvgIpc) is 2.16. The first-order valence-corrected chi connectivity index (χ1v) is 5.18. The van der Waals surface area contributed by atoms with Gasteiger partial charge in [-0.25, -0.2) is 0 Å². The van der Waals surface area contributed by atoms with Gasteiger partial charge < -0.3 is 4.90 Å². The van der Waals surface area contributed by atoms with Crippen molar-refractivity contribution in [1.82, 2.24) is 4.90 Å². The Bertz CT molecular complexity index is 382. The Labute approximate surface area is 112 Å². The van der Waals surface area contributed by atoms with Crippen LogP contribution in [0, 0.1) is 5.41 Å². The van der Waals surface area contributed by atoms with Crippen LogP contribution in [0.4, 0.5) is 0 Å². The van der Waals surface area contributed by atoms with Gasteiger partial charge in [0.1, 0.15) is 0 Å². The summed E-state index contributed by atoms with van der Waals surface area (Å²) in [5.41, 5.74) is 0.772. The third kappa shape index (κ3) is 4.05. The van der Waals surface area contributed by atoms with Crippen LogP contribution in [0.1, 0.15) is 12.5 Å². The zero-order chi connectivity index (χ0) is 11.4. The van der Waals surface area contributed by atoms with E-state index >= 15 is 0 Å². The van der Waals surface area contributed by atoms with Crippen LogP contribution in [0.3, 0.4) is 0 Å². The first-order valence-electron chi connectivity index (χ1n) is 4.42. The molecule has 2 nitrogen and oxygen atoms in total. The predicted octanol–water partition coefficient (Wildman–Crippen LogP) is 4.31. The molecule has 0 fully saturated rings. The fraction of sp³-hybridized carbons (Fsp3) is 0.182. The van der Waals surface area contributed by atoms with E-state index in [9.17, 15) is 0 Å². The van der Waals surface area contributed by atoms with Gasteiger partial charge in [0.2, 0.25) is 0 Å². The number of amidine groups is 1. The van der Waals surface area contributed by atoms with Crippen molar-refractivity contribution in [2.24, 2.45) is 0 Å². The van der Waals surface area contributed by atoms with E-state index in [4.69, 9.17) is 28.6 Å². The minimum Gasteiger partial charge on any atom is -0.340 e. The molecule has 0 aliphatic rings. The van der Waals surface area contributed by atoms with Crippen molar-refractivity contribution in [2.75, 3.05) is 7.05 Å². The molecule has 1 aromatic rings. The summed E-state index contributed by atoms with van der Waals surface area (Å²) in [6, 6.07) is 5.36. The Kier molecular flexibility index (Phi) is 6.49. The molecule has 0 heterocycles.